The Balaban J connectivity index is 3.12. The standard InChI is InChI=1S/C14H18FIN2O2/c1-4-14(8(2)3,13(17)20)18-12(19)10-6-5-9(15)7-11(10)16/h5-8H,4H2,1-3H3,(H2,17,20)(H,18,19). The summed E-state index contributed by atoms with van der Waals surface area (Å²) in [6, 6.07) is 3.88. The number of carbonyl (C=O) groups is 2. The van der Waals surface area contributed by atoms with Crippen molar-refractivity contribution in [2.45, 2.75) is 32.7 Å². The molecule has 6 heteroatoms. The van der Waals surface area contributed by atoms with Crippen LogP contribution in [0, 0.1) is 15.3 Å². The summed E-state index contributed by atoms with van der Waals surface area (Å²) in [5.41, 5.74) is 4.68. The number of nitrogens with two attached hydrogens (primary N) is 1. The molecule has 0 radical (unpaired) electrons. The van der Waals surface area contributed by atoms with Crippen LogP contribution in [0.5, 0.6) is 0 Å². The molecule has 110 valence electrons. The van der Waals surface area contributed by atoms with Crippen LogP contribution in [0.15, 0.2) is 18.2 Å². The first-order chi connectivity index (χ1) is 9.24. The quantitative estimate of drug-likeness (QED) is 0.756. The molecule has 0 aliphatic heterocycles. The van der Waals surface area contributed by atoms with Gasteiger partial charge in [-0.25, -0.2) is 4.39 Å². The Labute approximate surface area is 131 Å². The molecular weight excluding hydrogens is 374 g/mol. The SMILES string of the molecule is CCC(NC(=O)c1ccc(F)cc1I)(C(N)=O)C(C)C. The number of amides is 2. The van der Waals surface area contributed by atoms with Gasteiger partial charge in [-0.15, -0.1) is 0 Å². The Morgan fingerprint density at radius 2 is 2.05 bits per heavy atom. The molecule has 0 fully saturated rings. The van der Waals surface area contributed by atoms with Crippen LogP contribution in [-0.4, -0.2) is 17.4 Å². The highest BCUT2D eigenvalue weighted by molar-refractivity contribution is 14.1. The van der Waals surface area contributed by atoms with Gasteiger partial charge in [0.2, 0.25) is 5.91 Å². The number of carbonyl (C=O) groups excluding carboxylic acids is 2. The minimum atomic E-state index is -1.10. The maximum absolute atomic E-state index is 13.1. The topological polar surface area (TPSA) is 72.2 Å². The van der Waals surface area contributed by atoms with Gasteiger partial charge < -0.3 is 11.1 Å². The summed E-state index contributed by atoms with van der Waals surface area (Å²) < 4.78 is 13.5. The van der Waals surface area contributed by atoms with E-state index in [2.05, 4.69) is 5.32 Å². The third-order valence-electron chi connectivity index (χ3n) is 3.50. The Bertz CT molecular complexity index is 534. The van der Waals surface area contributed by atoms with Crippen LogP contribution >= 0.6 is 22.6 Å². The van der Waals surface area contributed by atoms with Crippen molar-refractivity contribution in [3.05, 3.63) is 33.1 Å². The van der Waals surface area contributed by atoms with E-state index < -0.39 is 23.2 Å². The molecule has 1 aromatic rings. The molecule has 0 saturated heterocycles. The molecule has 1 rings (SSSR count). The van der Waals surface area contributed by atoms with Crippen molar-refractivity contribution < 1.29 is 14.0 Å². The van der Waals surface area contributed by atoms with Gasteiger partial charge in [0, 0.05) is 3.57 Å². The largest absolute Gasteiger partial charge is 0.368 e. The maximum Gasteiger partial charge on any atom is 0.253 e. The molecule has 2 amide bonds. The maximum atomic E-state index is 13.1. The normalized spacial score (nSPS) is 13.9. The molecule has 4 nitrogen and oxygen atoms in total. The number of hydrogen-bond acceptors (Lipinski definition) is 2. The Kier molecular flexibility index (Phi) is 5.50. The minimum Gasteiger partial charge on any atom is -0.368 e. The monoisotopic (exact) mass is 392 g/mol. The zero-order chi connectivity index (χ0) is 15.5. The lowest BCUT2D eigenvalue weighted by molar-refractivity contribution is -0.126. The lowest BCUT2D eigenvalue weighted by Crippen LogP contribution is -2.60. The van der Waals surface area contributed by atoms with E-state index in [1.54, 1.807) is 6.92 Å². The number of rotatable bonds is 5. The lowest BCUT2D eigenvalue weighted by Gasteiger charge is -2.34. The highest BCUT2D eigenvalue weighted by Gasteiger charge is 2.40. The fourth-order valence-electron chi connectivity index (χ4n) is 2.10. The van der Waals surface area contributed by atoms with Crippen molar-refractivity contribution in [1.82, 2.24) is 5.32 Å². The van der Waals surface area contributed by atoms with E-state index >= 15 is 0 Å². The molecule has 1 aromatic carbocycles. The molecule has 20 heavy (non-hydrogen) atoms. The van der Waals surface area contributed by atoms with E-state index in [-0.39, 0.29) is 5.92 Å². The van der Waals surface area contributed by atoms with Crippen molar-refractivity contribution in [3.63, 3.8) is 0 Å². The third kappa shape index (κ3) is 3.28. The van der Waals surface area contributed by atoms with Gasteiger partial charge in [-0.2, -0.15) is 0 Å². The van der Waals surface area contributed by atoms with Crippen LogP contribution in [0.3, 0.4) is 0 Å². The summed E-state index contributed by atoms with van der Waals surface area (Å²) in [6.45, 7) is 5.44. The number of halogens is 2. The van der Waals surface area contributed by atoms with Crippen LogP contribution in [0.4, 0.5) is 4.39 Å². The van der Waals surface area contributed by atoms with Crippen LogP contribution < -0.4 is 11.1 Å². The summed E-state index contributed by atoms with van der Waals surface area (Å²) >= 11 is 1.88. The second-order valence-corrected chi connectivity index (χ2v) is 6.08. The van der Waals surface area contributed by atoms with Crippen molar-refractivity contribution >= 4 is 34.4 Å². The molecule has 0 bridgehead atoms. The van der Waals surface area contributed by atoms with E-state index in [0.717, 1.165) is 0 Å². The number of hydrogen-bond donors (Lipinski definition) is 2. The highest BCUT2D eigenvalue weighted by Crippen LogP contribution is 2.23. The Hall–Kier alpha value is -1.18. The minimum absolute atomic E-state index is 0.146. The lowest BCUT2D eigenvalue weighted by atomic mass is 9.83. The molecular formula is C14H18FIN2O2. The van der Waals surface area contributed by atoms with Gasteiger partial charge in [-0.1, -0.05) is 20.8 Å². The van der Waals surface area contributed by atoms with Gasteiger partial charge in [0.1, 0.15) is 11.4 Å². The summed E-state index contributed by atoms with van der Waals surface area (Å²) in [7, 11) is 0. The Morgan fingerprint density at radius 3 is 2.45 bits per heavy atom. The van der Waals surface area contributed by atoms with Crippen molar-refractivity contribution in [2.24, 2.45) is 11.7 Å². The highest BCUT2D eigenvalue weighted by atomic mass is 127. The molecule has 3 N–H and O–H groups in total. The number of benzene rings is 1. The predicted octanol–water partition coefficient (Wildman–Crippen LogP) is 2.45. The smallest absolute Gasteiger partial charge is 0.253 e. The van der Waals surface area contributed by atoms with Crippen molar-refractivity contribution in [1.29, 1.82) is 0 Å². The van der Waals surface area contributed by atoms with E-state index in [0.29, 0.717) is 15.6 Å². The van der Waals surface area contributed by atoms with Gasteiger partial charge in [0.25, 0.3) is 5.91 Å². The summed E-state index contributed by atoms with van der Waals surface area (Å²) in [5, 5.41) is 2.71. The summed E-state index contributed by atoms with van der Waals surface area (Å²) in [4.78, 5) is 24.1. The molecule has 0 aliphatic rings. The fourth-order valence-corrected chi connectivity index (χ4v) is 2.83. The third-order valence-corrected chi connectivity index (χ3v) is 4.39. The first-order valence-corrected chi connectivity index (χ1v) is 7.40. The molecule has 1 atom stereocenters. The molecule has 0 saturated carbocycles. The van der Waals surface area contributed by atoms with Gasteiger partial charge in [0.15, 0.2) is 0 Å². The van der Waals surface area contributed by atoms with Crippen LogP contribution in [0.25, 0.3) is 0 Å². The average molecular weight is 392 g/mol. The van der Waals surface area contributed by atoms with Crippen molar-refractivity contribution in [3.8, 4) is 0 Å². The molecule has 0 heterocycles. The average Bonchev–Trinajstić information content (AvgIpc) is 2.34. The fraction of sp³-hybridized carbons (Fsp3) is 0.429. The zero-order valence-corrected chi connectivity index (χ0v) is 13.8. The molecule has 0 spiro atoms. The number of primary amides is 1. The zero-order valence-electron chi connectivity index (χ0n) is 11.7. The van der Waals surface area contributed by atoms with Crippen molar-refractivity contribution in [2.75, 3.05) is 0 Å². The number of nitrogens with one attached hydrogen (secondary N) is 1. The molecule has 0 aliphatic carbocycles. The summed E-state index contributed by atoms with van der Waals surface area (Å²) in [6.07, 6.45) is 0.392. The molecule has 0 aromatic heterocycles. The van der Waals surface area contributed by atoms with E-state index in [4.69, 9.17) is 5.73 Å². The van der Waals surface area contributed by atoms with Gasteiger partial charge in [-0.3, -0.25) is 9.59 Å². The first kappa shape index (κ1) is 16.9. The first-order valence-electron chi connectivity index (χ1n) is 6.32. The van der Waals surface area contributed by atoms with Gasteiger partial charge >= 0.3 is 0 Å². The van der Waals surface area contributed by atoms with Gasteiger partial charge in [-0.05, 0) is 53.1 Å². The predicted molar refractivity (Wildman–Crippen MR) is 83.6 cm³/mol. The second-order valence-electron chi connectivity index (χ2n) is 4.92. The second kappa shape index (κ2) is 6.51. The van der Waals surface area contributed by atoms with E-state index in [9.17, 15) is 14.0 Å². The molecule has 1 unspecified atom stereocenters. The van der Waals surface area contributed by atoms with E-state index in [1.165, 1.54) is 18.2 Å². The van der Waals surface area contributed by atoms with Gasteiger partial charge in [0.05, 0.1) is 5.56 Å². The van der Waals surface area contributed by atoms with E-state index in [1.807, 2.05) is 36.4 Å². The van der Waals surface area contributed by atoms with Crippen LogP contribution in [-0.2, 0) is 4.79 Å². The van der Waals surface area contributed by atoms with Crippen LogP contribution in [0.2, 0.25) is 0 Å². The van der Waals surface area contributed by atoms with Crippen LogP contribution in [0.1, 0.15) is 37.6 Å². The summed E-state index contributed by atoms with van der Waals surface area (Å²) in [5.74, 6) is -1.55. The Morgan fingerprint density at radius 1 is 1.45 bits per heavy atom.